The molecular formula is C15H14Cl2N2O. The lowest BCUT2D eigenvalue weighted by atomic mass is 10.1. The maximum Gasteiger partial charge on any atom is 0.275 e. The van der Waals surface area contributed by atoms with Gasteiger partial charge in [-0.25, -0.2) is 4.99 Å². The average Bonchev–Trinajstić information content (AvgIpc) is 3.04. The first-order valence-electron chi connectivity index (χ1n) is 6.70. The van der Waals surface area contributed by atoms with Crippen LogP contribution in [0.5, 0.6) is 0 Å². The lowest BCUT2D eigenvalue weighted by molar-refractivity contribution is -0.115. The number of hydrogen-bond acceptors (Lipinski definition) is 2. The fourth-order valence-electron chi connectivity index (χ4n) is 2.64. The summed E-state index contributed by atoms with van der Waals surface area (Å²) in [6.45, 7) is 0. The van der Waals surface area contributed by atoms with Crippen molar-refractivity contribution in [2.75, 3.05) is 0 Å². The van der Waals surface area contributed by atoms with Crippen molar-refractivity contribution in [2.24, 2.45) is 10.9 Å². The summed E-state index contributed by atoms with van der Waals surface area (Å²) in [5.41, 5.74) is 1.26. The molecule has 0 spiro atoms. The molecule has 0 bridgehead atoms. The van der Waals surface area contributed by atoms with Crippen molar-refractivity contribution >= 4 is 41.0 Å². The summed E-state index contributed by atoms with van der Waals surface area (Å²) in [5.74, 6) is 1.08. The van der Waals surface area contributed by atoms with E-state index in [1.807, 2.05) is 6.07 Å². The number of aliphatic imine (C=N–C) groups is 1. The van der Waals surface area contributed by atoms with Gasteiger partial charge in [0.1, 0.15) is 11.5 Å². The Morgan fingerprint density at radius 2 is 1.95 bits per heavy atom. The quantitative estimate of drug-likeness (QED) is 0.823. The summed E-state index contributed by atoms with van der Waals surface area (Å²) in [6, 6.07) is 5.26. The van der Waals surface area contributed by atoms with Gasteiger partial charge in [-0.3, -0.25) is 4.79 Å². The number of carbonyl (C=O) groups excluding carboxylic acids is 1. The Morgan fingerprint density at radius 3 is 2.65 bits per heavy atom. The zero-order valence-electron chi connectivity index (χ0n) is 10.8. The van der Waals surface area contributed by atoms with Crippen molar-refractivity contribution in [1.82, 2.24) is 5.32 Å². The van der Waals surface area contributed by atoms with Gasteiger partial charge >= 0.3 is 0 Å². The van der Waals surface area contributed by atoms with E-state index >= 15 is 0 Å². The van der Waals surface area contributed by atoms with Crippen LogP contribution in [0, 0.1) is 5.92 Å². The van der Waals surface area contributed by atoms with Crippen LogP contribution in [0.25, 0.3) is 6.08 Å². The van der Waals surface area contributed by atoms with E-state index in [-0.39, 0.29) is 5.91 Å². The molecule has 0 unspecified atom stereocenters. The van der Waals surface area contributed by atoms with Gasteiger partial charge < -0.3 is 5.32 Å². The Morgan fingerprint density at radius 1 is 1.20 bits per heavy atom. The van der Waals surface area contributed by atoms with Gasteiger partial charge in [-0.1, -0.05) is 42.1 Å². The monoisotopic (exact) mass is 308 g/mol. The van der Waals surface area contributed by atoms with Gasteiger partial charge in [0.15, 0.2) is 0 Å². The van der Waals surface area contributed by atoms with Crippen LogP contribution >= 0.6 is 23.2 Å². The second-order valence-electron chi connectivity index (χ2n) is 5.14. The zero-order chi connectivity index (χ0) is 14.1. The Labute approximate surface area is 127 Å². The number of rotatable bonds is 2. The van der Waals surface area contributed by atoms with Gasteiger partial charge in [-0.05, 0) is 36.6 Å². The van der Waals surface area contributed by atoms with Crippen molar-refractivity contribution in [3.63, 3.8) is 0 Å². The predicted octanol–water partition coefficient (Wildman–Crippen LogP) is 4.05. The number of amides is 1. The minimum atomic E-state index is -0.141. The Bertz CT molecular complexity index is 616. The molecular weight excluding hydrogens is 295 g/mol. The molecule has 2 aliphatic rings. The maximum absolute atomic E-state index is 11.9. The number of nitrogens with zero attached hydrogens (tertiary/aromatic N) is 1. The molecule has 1 aliphatic heterocycles. The highest BCUT2D eigenvalue weighted by atomic mass is 35.5. The molecule has 1 fully saturated rings. The third kappa shape index (κ3) is 2.74. The first-order valence-corrected chi connectivity index (χ1v) is 7.46. The molecule has 3 rings (SSSR count). The Hall–Kier alpha value is -1.32. The van der Waals surface area contributed by atoms with Crippen LogP contribution < -0.4 is 5.32 Å². The fraction of sp³-hybridized carbons (Fsp3) is 0.333. The molecule has 104 valence electrons. The van der Waals surface area contributed by atoms with Crippen molar-refractivity contribution in [2.45, 2.75) is 25.7 Å². The fourth-order valence-corrected chi connectivity index (χ4v) is 2.95. The number of hydrogen-bond donors (Lipinski definition) is 1. The number of nitrogens with one attached hydrogen (secondary N) is 1. The highest BCUT2D eigenvalue weighted by Crippen LogP contribution is 2.28. The van der Waals surface area contributed by atoms with E-state index < -0.39 is 0 Å². The molecule has 0 aromatic heterocycles. The first-order chi connectivity index (χ1) is 9.63. The number of halogens is 2. The zero-order valence-corrected chi connectivity index (χ0v) is 12.3. The van der Waals surface area contributed by atoms with Gasteiger partial charge in [0.05, 0.1) is 10.0 Å². The summed E-state index contributed by atoms with van der Waals surface area (Å²) in [7, 11) is 0. The summed E-state index contributed by atoms with van der Waals surface area (Å²) in [4.78, 5) is 16.4. The summed E-state index contributed by atoms with van der Waals surface area (Å²) < 4.78 is 0. The highest BCUT2D eigenvalue weighted by Gasteiger charge is 2.28. The van der Waals surface area contributed by atoms with Crippen molar-refractivity contribution in [3.05, 3.63) is 39.5 Å². The van der Waals surface area contributed by atoms with Crippen LogP contribution in [-0.4, -0.2) is 11.7 Å². The van der Waals surface area contributed by atoms with E-state index in [9.17, 15) is 4.79 Å². The van der Waals surface area contributed by atoms with Crippen molar-refractivity contribution in [3.8, 4) is 0 Å². The molecule has 1 aromatic carbocycles. The predicted molar refractivity (Wildman–Crippen MR) is 82.0 cm³/mol. The summed E-state index contributed by atoms with van der Waals surface area (Å²) in [5, 5.41) is 3.85. The number of carbonyl (C=O) groups is 1. The topological polar surface area (TPSA) is 41.5 Å². The van der Waals surface area contributed by atoms with Crippen molar-refractivity contribution < 1.29 is 4.79 Å². The highest BCUT2D eigenvalue weighted by molar-refractivity contribution is 6.42. The minimum Gasteiger partial charge on any atom is -0.308 e. The van der Waals surface area contributed by atoms with Gasteiger partial charge in [0.25, 0.3) is 5.91 Å². The molecule has 3 nitrogen and oxygen atoms in total. The minimum absolute atomic E-state index is 0.141. The van der Waals surface area contributed by atoms with Crippen LogP contribution in [0.3, 0.4) is 0 Å². The second kappa shape index (κ2) is 5.58. The Balaban J connectivity index is 1.86. The summed E-state index contributed by atoms with van der Waals surface area (Å²) >= 11 is 11.8. The molecule has 0 radical (unpaired) electrons. The van der Waals surface area contributed by atoms with Crippen molar-refractivity contribution in [1.29, 1.82) is 0 Å². The van der Waals surface area contributed by atoms with Crippen LogP contribution in [0.4, 0.5) is 0 Å². The standard InChI is InChI=1S/C15H14Cl2N2O/c16-11-6-5-9(7-12(11)17)8-13-15(20)19-14(18-13)10-3-1-2-4-10/h5-8,10H,1-4H2,(H,18,19,20)/b13-8+. The average molecular weight is 309 g/mol. The molecule has 0 saturated heterocycles. The van der Waals surface area contributed by atoms with E-state index in [0.717, 1.165) is 24.2 Å². The molecule has 0 atom stereocenters. The van der Waals surface area contributed by atoms with E-state index in [1.165, 1.54) is 12.8 Å². The van der Waals surface area contributed by atoms with Gasteiger partial charge in [-0.2, -0.15) is 0 Å². The van der Waals surface area contributed by atoms with Gasteiger partial charge in [-0.15, -0.1) is 0 Å². The van der Waals surface area contributed by atoms with Gasteiger partial charge in [0, 0.05) is 5.92 Å². The molecule has 1 saturated carbocycles. The number of amidine groups is 1. The normalized spacial score (nSPS) is 21.4. The molecule has 5 heteroatoms. The van der Waals surface area contributed by atoms with E-state index in [0.29, 0.717) is 21.7 Å². The van der Waals surface area contributed by atoms with E-state index in [2.05, 4.69) is 10.3 Å². The van der Waals surface area contributed by atoms with E-state index in [1.54, 1.807) is 18.2 Å². The SMILES string of the molecule is O=C1NC(C2CCCC2)=N/C1=C/c1ccc(Cl)c(Cl)c1. The van der Waals surface area contributed by atoms with Crippen LogP contribution in [0.2, 0.25) is 10.0 Å². The Kier molecular flexibility index (Phi) is 3.81. The molecule has 1 amide bonds. The second-order valence-corrected chi connectivity index (χ2v) is 5.95. The maximum atomic E-state index is 11.9. The van der Waals surface area contributed by atoms with Gasteiger partial charge in [0.2, 0.25) is 0 Å². The third-order valence-electron chi connectivity index (χ3n) is 3.70. The largest absolute Gasteiger partial charge is 0.308 e. The lowest BCUT2D eigenvalue weighted by Gasteiger charge is -2.06. The first kappa shape index (κ1) is 13.7. The molecule has 1 aliphatic carbocycles. The van der Waals surface area contributed by atoms with Crippen LogP contribution in [-0.2, 0) is 4.79 Å². The molecule has 1 heterocycles. The molecule has 20 heavy (non-hydrogen) atoms. The van der Waals surface area contributed by atoms with Crippen LogP contribution in [0.1, 0.15) is 31.2 Å². The molecule has 1 N–H and O–H groups in total. The van der Waals surface area contributed by atoms with E-state index in [4.69, 9.17) is 23.2 Å². The summed E-state index contributed by atoms with van der Waals surface area (Å²) in [6.07, 6.45) is 6.38. The molecule has 1 aromatic rings. The van der Waals surface area contributed by atoms with Crippen LogP contribution in [0.15, 0.2) is 28.9 Å². The number of benzene rings is 1. The smallest absolute Gasteiger partial charge is 0.275 e. The third-order valence-corrected chi connectivity index (χ3v) is 4.44. The lowest BCUT2D eigenvalue weighted by Crippen LogP contribution is -2.29.